The molecule has 286 valence electrons. The highest BCUT2D eigenvalue weighted by Crippen LogP contribution is 2.58. The molecule has 1 heterocycles. The van der Waals surface area contributed by atoms with E-state index < -0.39 is 5.41 Å². The van der Waals surface area contributed by atoms with Crippen molar-refractivity contribution in [1.82, 2.24) is 0 Å². The van der Waals surface area contributed by atoms with Crippen LogP contribution in [0.25, 0.3) is 66.1 Å². The number of benzene rings is 10. The highest BCUT2D eigenvalue weighted by molar-refractivity contribution is 6.14. The van der Waals surface area contributed by atoms with Crippen molar-refractivity contribution in [2.45, 2.75) is 5.41 Å². The largest absolute Gasteiger partial charge is 0.456 e. The molecule has 0 bridgehead atoms. The number of furan rings is 1. The average Bonchev–Trinajstić information content (AvgIpc) is 3.87. The van der Waals surface area contributed by atoms with Gasteiger partial charge in [-0.1, -0.05) is 194 Å². The molecule has 0 radical (unpaired) electrons. The lowest BCUT2D eigenvalue weighted by molar-refractivity contribution is 0.666. The first-order valence-corrected chi connectivity index (χ1v) is 21.0. The number of hydrogen-bond donors (Lipinski definition) is 0. The second kappa shape index (κ2) is 14.1. The number of anilines is 3. The Labute approximate surface area is 355 Å². The Balaban J connectivity index is 1.07. The van der Waals surface area contributed by atoms with Gasteiger partial charge in [-0.15, -0.1) is 0 Å². The maximum absolute atomic E-state index is 6.99. The van der Waals surface area contributed by atoms with Crippen LogP contribution >= 0.6 is 0 Å². The molecule has 61 heavy (non-hydrogen) atoms. The molecule has 0 N–H and O–H groups in total. The number of nitrogens with zero attached hydrogens (tertiary/aromatic N) is 1. The summed E-state index contributed by atoms with van der Waals surface area (Å²) in [6, 6.07) is 85.8. The van der Waals surface area contributed by atoms with E-state index in [2.05, 4.69) is 241 Å². The Hall–Kier alpha value is -7.94. The molecule has 1 aromatic heterocycles. The van der Waals surface area contributed by atoms with Crippen molar-refractivity contribution >= 4 is 49.8 Å². The first-order valence-electron chi connectivity index (χ1n) is 21.0. The lowest BCUT2D eigenvalue weighted by Crippen LogP contribution is -2.28. The summed E-state index contributed by atoms with van der Waals surface area (Å²) in [7, 11) is 0. The lowest BCUT2D eigenvalue weighted by Gasteiger charge is -2.34. The van der Waals surface area contributed by atoms with Crippen LogP contribution in [0.4, 0.5) is 17.1 Å². The van der Waals surface area contributed by atoms with Gasteiger partial charge in [-0.3, -0.25) is 0 Å². The van der Waals surface area contributed by atoms with Crippen molar-refractivity contribution < 1.29 is 4.42 Å². The minimum atomic E-state index is -0.572. The third-order valence-corrected chi connectivity index (χ3v) is 12.7. The van der Waals surface area contributed by atoms with Gasteiger partial charge in [0, 0.05) is 16.8 Å². The second-order valence-corrected chi connectivity index (χ2v) is 16.0. The Kier molecular flexibility index (Phi) is 8.11. The SMILES string of the molecule is c1ccc(-c2ccc(N(c3ccc(-c4ccccc4)cc3)c3cccc4oc5cc(C6(c7ccccc7)c7ccccc7-c7ccc8ccccc8c76)ccc5c34)cc2)cc1. The standard InChI is InChI=1S/C59H39NO/c1-4-15-40(16-5-1)42-27-33-47(34-28-42)60(48-35-29-43(30-36-48)41-17-6-2-7-18-41)54-25-14-26-55-57(54)52-38-32-46(39-56(52)61-55)59(45-20-8-3-9-21-45)53-24-13-12-23-50(53)51-37-31-44-19-10-11-22-49(44)58(51)59/h1-39H. The van der Waals surface area contributed by atoms with Crippen LogP contribution in [0.5, 0.6) is 0 Å². The molecular weight excluding hydrogens is 739 g/mol. The Morgan fingerprint density at radius 1 is 0.361 bits per heavy atom. The molecule has 0 amide bonds. The summed E-state index contributed by atoms with van der Waals surface area (Å²) in [6.07, 6.45) is 0. The highest BCUT2D eigenvalue weighted by Gasteiger charge is 2.47. The van der Waals surface area contributed by atoms with E-state index in [9.17, 15) is 0 Å². The van der Waals surface area contributed by atoms with Crippen molar-refractivity contribution in [2.75, 3.05) is 4.90 Å². The molecule has 2 nitrogen and oxygen atoms in total. The van der Waals surface area contributed by atoms with E-state index in [1.54, 1.807) is 0 Å². The summed E-state index contributed by atoms with van der Waals surface area (Å²) in [6.45, 7) is 0. The van der Waals surface area contributed by atoms with Gasteiger partial charge in [0.05, 0.1) is 16.5 Å². The summed E-state index contributed by atoms with van der Waals surface area (Å²) < 4.78 is 6.99. The molecule has 11 aromatic rings. The summed E-state index contributed by atoms with van der Waals surface area (Å²) in [5.41, 5.74) is 16.6. The predicted octanol–water partition coefficient (Wildman–Crippen LogP) is 15.9. The van der Waals surface area contributed by atoms with Crippen molar-refractivity contribution in [3.63, 3.8) is 0 Å². The third-order valence-electron chi connectivity index (χ3n) is 12.7. The minimum absolute atomic E-state index is 0.572. The van der Waals surface area contributed by atoms with Crippen LogP contribution in [-0.4, -0.2) is 0 Å². The first-order chi connectivity index (χ1) is 30.3. The molecule has 0 saturated heterocycles. The first kappa shape index (κ1) is 35.0. The van der Waals surface area contributed by atoms with Crippen molar-refractivity contribution in [2.24, 2.45) is 0 Å². The van der Waals surface area contributed by atoms with Crippen LogP contribution in [0, 0.1) is 0 Å². The van der Waals surface area contributed by atoms with Gasteiger partial charge in [-0.2, -0.15) is 0 Å². The molecule has 0 fully saturated rings. The highest BCUT2D eigenvalue weighted by atomic mass is 16.3. The van der Waals surface area contributed by atoms with E-state index in [-0.39, 0.29) is 0 Å². The Bertz CT molecular complexity index is 3310. The monoisotopic (exact) mass is 777 g/mol. The molecule has 2 heteroatoms. The fraction of sp³-hybridized carbons (Fsp3) is 0.0169. The average molecular weight is 778 g/mol. The van der Waals surface area contributed by atoms with Crippen LogP contribution in [0.3, 0.4) is 0 Å². The van der Waals surface area contributed by atoms with Crippen molar-refractivity contribution in [3.05, 3.63) is 259 Å². The van der Waals surface area contributed by atoms with E-state index in [1.165, 1.54) is 66.4 Å². The normalized spacial score (nSPS) is 14.3. The lowest BCUT2D eigenvalue weighted by atomic mass is 9.66. The van der Waals surface area contributed by atoms with Crippen LogP contribution in [-0.2, 0) is 5.41 Å². The van der Waals surface area contributed by atoms with Gasteiger partial charge in [0.15, 0.2) is 0 Å². The van der Waals surface area contributed by atoms with Gasteiger partial charge in [0.2, 0.25) is 0 Å². The van der Waals surface area contributed by atoms with E-state index in [4.69, 9.17) is 4.42 Å². The predicted molar refractivity (Wildman–Crippen MR) is 254 cm³/mol. The summed E-state index contributed by atoms with van der Waals surface area (Å²) in [5.74, 6) is 0. The number of rotatable bonds is 7. The van der Waals surface area contributed by atoms with E-state index in [0.717, 1.165) is 39.0 Å². The molecule has 12 rings (SSSR count). The smallest absolute Gasteiger partial charge is 0.137 e. The molecule has 0 aliphatic heterocycles. The van der Waals surface area contributed by atoms with Crippen molar-refractivity contribution in [1.29, 1.82) is 0 Å². The van der Waals surface area contributed by atoms with Gasteiger partial charge >= 0.3 is 0 Å². The van der Waals surface area contributed by atoms with E-state index >= 15 is 0 Å². The molecule has 0 spiro atoms. The molecule has 0 saturated carbocycles. The molecule has 1 atom stereocenters. The quantitative estimate of drug-likeness (QED) is 0.160. The summed E-state index contributed by atoms with van der Waals surface area (Å²) in [5, 5.41) is 4.65. The van der Waals surface area contributed by atoms with E-state index in [0.29, 0.717) is 0 Å². The topological polar surface area (TPSA) is 16.4 Å². The van der Waals surface area contributed by atoms with Crippen LogP contribution < -0.4 is 4.90 Å². The minimum Gasteiger partial charge on any atom is -0.456 e. The summed E-state index contributed by atoms with van der Waals surface area (Å²) in [4.78, 5) is 2.37. The van der Waals surface area contributed by atoms with Crippen LogP contribution in [0.15, 0.2) is 241 Å². The van der Waals surface area contributed by atoms with Crippen LogP contribution in [0.1, 0.15) is 22.3 Å². The number of hydrogen-bond acceptors (Lipinski definition) is 2. The van der Waals surface area contributed by atoms with E-state index in [1.807, 2.05) is 0 Å². The molecule has 1 aliphatic carbocycles. The summed E-state index contributed by atoms with van der Waals surface area (Å²) >= 11 is 0. The maximum Gasteiger partial charge on any atom is 0.137 e. The van der Waals surface area contributed by atoms with Gasteiger partial charge in [0.1, 0.15) is 11.2 Å². The zero-order valence-corrected chi connectivity index (χ0v) is 33.4. The zero-order valence-electron chi connectivity index (χ0n) is 33.4. The van der Waals surface area contributed by atoms with Gasteiger partial charge in [-0.05, 0) is 109 Å². The second-order valence-electron chi connectivity index (χ2n) is 16.0. The van der Waals surface area contributed by atoms with Gasteiger partial charge in [-0.25, -0.2) is 0 Å². The molecule has 1 unspecified atom stereocenters. The van der Waals surface area contributed by atoms with Crippen molar-refractivity contribution in [3.8, 4) is 33.4 Å². The molecular formula is C59H39NO. The number of fused-ring (bicyclic) bond motifs is 8. The molecule has 10 aromatic carbocycles. The van der Waals surface area contributed by atoms with Gasteiger partial charge < -0.3 is 9.32 Å². The fourth-order valence-electron chi connectivity index (χ4n) is 10.1. The van der Waals surface area contributed by atoms with Gasteiger partial charge in [0.25, 0.3) is 0 Å². The maximum atomic E-state index is 6.99. The Morgan fingerprint density at radius 2 is 0.951 bits per heavy atom. The third kappa shape index (κ3) is 5.50. The molecule has 1 aliphatic rings. The fourth-order valence-corrected chi connectivity index (χ4v) is 10.1. The zero-order chi connectivity index (χ0) is 40.3. The Morgan fingerprint density at radius 3 is 1.64 bits per heavy atom. The van der Waals surface area contributed by atoms with Crippen LogP contribution in [0.2, 0.25) is 0 Å².